The third kappa shape index (κ3) is 3.20. The van der Waals surface area contributed by atoms with Crippen LogP contribution in [0.15, 0.2) is 11.4 Å². The van der Waals surface area contributed by atoms with Crippen molar-refractivity contribution in [3.63, 3.8) is 0 Å². The highest BCUT2D eigenvalue weighted by molar-refractivity contribution is 7.14. The molecule has 1 heterocycles. The minimum absolute atomic E-state index is 0.121. The van der Waals surface area contributed by atoms with Crippen LogP contribution in [0.3, 0.4) is 0 Å². The van der Waals surface area contributed by atoms with E-state index in [1.54, 1.807) is 11.3 Å². The van der Waals surface area contributed by atoms with Gasteiger partial charge in [-0.25, -0.2) is 0 Å². The van der Waals surface area contributed by atoms with Crippen LogP contribution in [0.1, 0.15) is 44.2 Å². The Labute approximate surface area is 106 Å². The zero-order chi connectivity index (χ0) is 11.5. The van der Waals surface area contributed by atoms with E-state index in [1.807, 2.05) is 6.07 Å². The largest absolute Gasteiger partial charge is 0.393 e. The number of halogens is 1. The molecule has 90 valence electrons. The van der Waals surface area contributed by atoms with Gasteiger partial charge in [0.1, 0.15) is 0 Å². The Kier molecular flexibility index (Phi) is 4.25. The molecule has 2 N–H and O–H groups in total. The molecule has 1 aliphatic rings. The summed E-state index contributed by atoms with van der Waals surface area (Å²) in [4.78, 5) is 0. The number of rotatable bonds is 3. The van der Waals surface area contributed by atoms with E-state index in [9.17, 15) is 5.11 Å². The van der Waals surface area contributed by atoms with Crippen molar-refractivity contribution >= 4 is 22.9 Å². The van der Waals surface area contributed by atoms with Crippen LogP contribution in [0, 0.1) is 0 Å². The number of aliphatic hydroxyl groups excluding tert-OH is 1. The standard InChI is InChI=1S/C12H18ClNOS/c1-8(9-5-12(13)16-7-9)14-10-3-2-4-11(15)6-10/h5,7-8,10-11,14-15H,2-4,6H2,1H3. The minimum Gasteiger partial charge on any atom is -0.393 e. The molecule has 0 radical (unpaired) electrons. The van der Waals surface area contributed by atoms with Crippen LogP contribution in [0.5, 0.6) is 0 Å². The van der Waals surface area contributed by atoms with Crippen molar-refractivity contribution in [2.24, 2.45) is 0 Å². The molecule has 0 spiro atoms. The molecule has 3 unspecified atom stereocenters. The normalized spacial score (nSPS) is 27.9. The molecular weight excluding hydrogens is 242 g/mol. The van der Waals surface area contributed by atoms with Gasteiger partial charge in [-0.3, -0.25) is 0 Å². The maximum absolute atomic E-state index is 9.61. The lowest BCUT2D eigenvalue weighted by Crippen LogP contribution is -2.37. The molecule has 4 heteroatoms. The first-order valence-corrected chi connectivity index (χ1v) is 7.09. The molecule has 3 atom stereocenters. The fourth-order valence-corrected chi connectivity index (χ4v) is 3.30. The Morgan fingerprint density at radius 3 is 3.00 bits per heavy atom. The molecule has 1 aromatic rings. The minimum atomic E-state index is -0.121. The average molecular weight is 260 g/mol. The lowest BCUT2D eigenvalue weighted by Gasteiger charge is -2.29. The third-order valence-electron chi connectivity index (χ3n) is 3.22. The van der Waals surface area contributed by atoms with Crippen molar-refractivity contribution in [3.05, 3.63) is 21.3 Å². The Morgan fingerprint density at radius 1 is 1.56 bits per heavy atom. The van der Waals surface area contributed by atoms with Crippen LogP contribution in [0.4, 0.5) is 0 Å². The van der Waals surface area contributed by atoms with Crippen LogP contribution in [-0.2, 0) is 0 Å². The summed E-state index contributed by atoms with van der Waals surface area (Å²) in [5.41, 5.74) is 1.25. The Bertz CT molecular complexity index is 342. The van der Waals surface area contributed by atoms with Crippen LogP contribution in [-0.4, -0.2) is 17.3 Å². The molecule has 2 nitrogen and oxygen atoms in total. The molecule has 0 aliphatic heterocycles. The van der Waals surface area contributed by atoms with Gasteiger partial charge in [-0.2, -0.15) is 0 Å². The highest BCUT2D eigenvalue weighted by Crippen LogP contribution is 2.26. The first kappa shape index (κ1) is 12.4. The van der Waals surface area contributed by atoms with E-state index in [1.165, 1.54) is 12.0 Å². The number of hydrogen-bond acceptors (Lipinski definition) is 3. The van der Waals surface area contributed by atoms with Crippen molar-refractivity contribution in [1.29, 1.82) is 0 Å². The smallest absolute Gasteiger partial charge is 0.0931 e. The Balaban J connectivity index is 1.89. The molecule has 2 rings (SSSR count). The summed E-state index contributed by atoms with van der Waals surface area (Å²) in [6.07, 6.45) is 4.00. The second kappa shape index (κ2) is 5.50. The fourth-order valence-electron chi connectivity index (χ4n) is 2.32. The van der Waals surface area contributed by atoms with Crippen molar-refractivity contribution in [1.82, 2.24) is 5.32 Å². The first-order chi connectivity index (χ1) is 7.65. The summed E-state index contributed by atoms with van der Waals surface area (Å²) in [5, 5.41) is 15.3. The third-order valence-corrected chi connectivity index (χ3v) is 4.33. The van der Waals surface area contributed by atoms with Gasteiger partial charge in [0.2, 0.25) is 0 Å². The van der Waals surface area contributed by atoms with E-state index >= 15 is 0 Å². The van der Waals surface area contributed by atoms with Crippen molar-refractivity contribution in [3.8, 4) is 0 Å². The van der Waals surface area contributed by atoms with E-state index in [-0.39, 0.29) is 6.10 Å². The van der Waals surface area contributed by atoms with Gasteiger partial charge in [-0.05, 0) is 49.6 Å². The van der Waals surface area contributed by atoms with E-state index in [0.717, 1.165) is 23.6 Å². The van der Waals surface area contributed by atoms with Crippen molar-refractivity contribution in [2.45, 2.75) is 50.8 Å². The number of nitrogens with one attached hydrogen (secondary N) is 1. The summed E-state index contributed by atoms with van der Waals surface area (Å²) in [5.74, 6) is 0. The maximum atomic E-state index is 9.61. The SMILES string of the molecule is CC(NC1CCCC(O)C1)c1csc(Cl)c1. The van der Waals surface area contributed by atoms with Gasteiger partial charge in [0, 0.05) is 12.1 Å². The number of hydrogen-bond donors (Lipinski definition) is 2. The zero-order valence-corrected chi connectivity index (χ0v) is 11.0. The van der Waals surface area contributed by atoms with Crippen molar-refractivity contribution < 1.29 is 5.11 Å². The molecule has 16 heavy (non-hydrogen) atoms. The molecule has 0 bridgehead atoms. The second-order valence-electron chi connectivity index (χ2n) is 4.59. The van der Waals surface area contributed by atoms with Crippen LogP contribution < -0.4 is 5.32 Å². The number of thiophene rings is 1. The monoisotopic (exact) mass is 259 g/mol. The molecule has 1 aromatic heterocycles. The summed E-state index contributed by atoms with van der Waals surface area (Å²) in [7, 11) is 0. The van der Waals surface area contributed by atoms with Gasteiger partial charge in [-0.1, -0.05) is 11.6 Å². The van der Waals surface area contributed by atoms with E-state index in [2.05, 4.69) is 17.6 Å². The van der Waals surface area contributed by atoms with Gasteiger partial charge >= 0.3 is 0 Å². The van der Waals surface area contributed by atoms with Crippen LogP contribution in [0.2, 0.25) is 4.34 Å². The average Bonchev–Trinajstić information content (AvgIpc) is 2.65. The summed E-state index contributed by atoms with van der Waals surface area (Å²) < 4.78 is 0.840. The van der Waals surface area contributed by atoms with Gasteiger partial charge in [0.15, 0.2) is 0 Å². The topological polar surface area (TPSA) is 32.3 Å². The van der Waals surface area contributed by atoms with E-state index in [0.29, 0.717) is 12.1 Å². The Morgan fingerprint density at radius 2 is 2.38 bits per heavy atom. The summed E-state index contributed by atoms with van der Waals surface area (Å²) >= 11 is 7.49. The summed E-state index contributed by atoms with van der Waals surface area (Å²) in [6.45, 7) is 2.15. The summed E-state index contributed by atoms with van der Waals surface area (Å²) in [6, 6.07) is 2.78. The van der Waals surface area contributed by atoms with E-state index < -0.39 is 0 Å². The van der Waals surface area contributed by atoms with Gasteiger partial charge in [0.25, 0.3) is 0 Å². The molecule has 1 aliphatic carbocycles. The fraction of sp³-hybridized carbons (Fsp3) is 0.667. The second-order valence-corrected chi connectivity index (χ2v) is 6.13. The van der Waals surface area contributed by atoms with E-state index in [4.69, 9.17) is 11.6 Å². The molecule has 0 aromatic carbocycles. The molecule has 0 amide bonds. The predicted octanol–water partition coefficient (Wildman–Crippen LogP) is 3.36. The van der Waals surface area contributed by atoms with Gasteiger partial charge in [-0.15, -0.1) is 11.3 Å². The maximum Gasteiger partial charge on any atom is 0.0931 e. The lowest BCUT2D eigenvalue weighted by atomic mass is 9.92. The first-order valence-electron chi connectivity index (χ1n) is 5.83. The highest BCUT2D eigenvalue weighted by Gasteiger charge is 2.21. The van der Waals surface area contributed by atoms with Crippen LogP contribution in [0.25, 0.3) is 0 Å². The zero-order valence-electron chi connectivity index (χ0n) is 9.45. The van der Waals surface area contributed by atoms with Gasteiger partial charge < -0.3 is 10.4 Å². The molecule has 1 saturated carbocycles. The number of aliphatic hydroxyl groups is 1. The molecule has 1 fully saturated rings. The lowest BCUT2D eigenvalue weighted by molar-refractivity contribution is 0.109. The predicted molar refractivity (Wildman–Crippen MR) is 69.1 cm³/mol. The van der Waals surface area contributed by atoms with Crippen molar-refractivity contribution in [2.75, 3.05) is 0 Å². The quantitative estimate of drug-likeness (QED) is 0.873. The highest BCUT2D eigenvalue weighted by atomic mass is 35.5. The molecular formula is C12H18ClNOS. The van der Waals surface area contributed by atoms with Crippen LogP contribution >= 0.6 is 22.9 Å². The van der Waals surface area contributed by atoms with Gasteiger partial charge in [0.05, 0.1) is 10.4 Å². The molecule has 0 saturated heterocycles. The Hall–Kier alpha value is -0.0900.